The van der Waals surface area contributed by atoms with E-state index in [1.165, 1.54) is 5.56 Å². The molecule has 1 aromatic rings. The van der Waals surface area contributed by atoms with Gasteiger partial charge in [0.05, 0.1) is 0 Å². The number of hydrogen-bond acceptors (Lipinski definition) is 3. The van der Waals surface area contributed by atoms with Gasteiger partial charge < -0.3 is 10.1 Å². The van der Waals surface area contributed by atoms with E-state index in [1.54, 1.807) is 0 Å². The van der Waals surface area contributed by atoms with Crippen molar-refractivity contribution in [1.82, 2.24) is 5.32 Å². The number of hydrogen-bond donors (Lipinski definition) is 1. The summed E-state index contributed by atoms with van der Waals surface area (Å²) in [6, 6.07) is 8.53. The molecule has 4 heteroatoms. The predicted octanol–water partition coefficient (Wildman–Crippen LogP) is 1.96. The van der Waals surface area contributed by atoms with Crippen LogP contribution in [-0.4, -0.2) is 19.6 Å². The molecule has 0 unspecified atom stereocenters. The topological polar surface area (TPSA) is 38.3 Å². The maximum Gasteiger partial charge on any atom is 0.293 e. The van der Waals surface area contributed by atoms with Crippen LogP contribution in [0.25, 0.3) is 0 Å². The minimum absolute atomic E-state index is 0. The lowest BCUT2D eigenvalue weighted by atomic mass is 9.92. The molecule has 0 aromatic heterocycles. The Morgan fingerprint density at radius 3 is 2.29 bits per heavy atom. The van der Waals surface area contributed by atoms with Crippen LogP contribution in [0.1, 0.15) is 29.9 Å². The molecule has 0 radical (unpaired) electrons. The van der Waals surface area contributed by atoms with Crippen LogP contribution in [0.3, 0.4) is 0 Å². The van der Waals surface area contributed by atoms with Crippen LogP contribution in [0.5, 0.6) is 0 Å². The van der Waals surface area contributed by atoms with Gasteiger partial charge in [0.25, 0.3) is 6.47 Å². The minimum Gasteiger partial charge on any atom is -0.456 e. The van der Waals surface area contributed by atoms with Crippen LogP contribution in [-0.2, 0) is 15.1 Å². The Labute approximate surface area is 107 Å². The van der Waals surface area contributed by atoms with Crippen molar-refractivity contribution in [3.8, 4) is 0 Å². The van der Waals surface area contributed by atoms with Gasteiger partial charge in [0.1, 0.15) is 5.60 Å². The average molecular weight is 254 g/mol. The molecule has 2 aliphatic rings. The molecule has 1 aliphatic carbocycles. The summed E-state index contributed by atoms with van der Waals surface area (Å²) >= 11 is 0. The number of benzene rings is 1. The lowest BCUT2D eigenvalue weighted by Gasteiger charge is -2.27. The number of nitrogens with one attached hydrogen (secondary N) is 1. The molecule has 0 spiro atoms. The summed E-state index contributed by atoms with van der Waals surface area (Å²) in [6.45, 7) is 2.72. The lowest BCUT2D eigenvalue weighted by Crippen LogP contribution is -2.39. The zero-order chi connectivity index (χ0) is 11.0. The highest BCUT2D eigenvalue weighted by atomic mass is 35.5. The Hall–Kier alpha value is -1.06. The van der Waals surface area contributed by atoms with Gasteiger partial charge >= 0.3 is 0 Å². The van der Waals surface area contributed by atoms with Gasteiger partial charge in [-0.1, -0.05) is 24.3 Å². The van der Waals surface area contributed by atoms with Crippen LogP contribution >= 0.6 is 12.4 Å². The summed E-state index contributed by atoms with van der Waals surface area (Å²) in [5.41, 5.74) is 2.22. The van der Waals surface area contributed by atoms with E-state index in [0.29, 0.717) is 12.4 Å². The number of ether oxygens (including phenoxy) is 1. The largest absolute Gasteiger partial charge is 0.456 e. The van der Waals surface area contributed by atoms with Gasteiger partial charge in [-0.15, -0.1) is 12.4 Å². The number of halogens is 1. The van der Waals surface area contributed by atoms with Crippen molar-refractivity contribution in [2.24, 2.45) is 0 Å². The lowest BCUT2D eigenvalue weighted by molar-refractivity contribution is -0.136. The third kappa shape index (κ3) is 2.17. The highest BCUT2D eigenvalue weighted by Gasteiger charge is 2.46. The molecule has 0 amide bonds. The summed E-state index contributed by atoms with van der Waals surface area (Å²) in [5, 5.41) is 3.27. The second-order valence-electron chi connectivity index (χ2n) is 4.69. The van der Waals surface area contributed by atoms with Crippen molar-refractivity contribution in [1.29, 1.82) is 0 Å². The number of rotatable bonds is 4. The molecule has 1 N–H and O–H groups in total. The highest BCUT2D eigenvalue weighted by Crippen LogP contribution is 2.48. The molecule has 1 saturated carbocycles. The first kappa shape index (κ1) is 12.4. The summed E-state index contributed by atoms with van der Waals surface area (Å²) in [4.78, 5) is 10.4. The highest BCUT2D eigenvalue weighted by molar-refractivity contribution is 5.85. The van der Waals surface area contributed by atoms with Crippen molar-refractivity contribution in [2.45, 2.75) is 24.4 Å². The summed E-state index contributed by atoms with van der Waals surface area (Å²) < 4.78 is 5.17. The second-order valence-corrected chi connectivity index (χ2v) is 4.69. The number of carbonyl (C=O) groups excluding carboxylic acids is 1. The molecule has 92 valence electrons. The normalized spacial score (nSPS) is 20.9. The Kier molecular flexibility index (Phi) is 3.40. The molecular weight excluding hydrogens is 238 g/mol. The van der Waals surface area contributed by atoms with Crippen molar-refractivity contribution >= 4 is 18.9 Å². The fourth-order valence-electron chi connectivity index (χ4n) is 2.26. The van der Waals surface area contributed by atoms with E-state index >= 15 is 0 Å². The molecular formula is C13H16ClNO2. The van der Waals surface area contributed by atoms with E-state index in [2.05, 4.69) is 29.6 Å². The Morgan fingerprint density at radius 1 is 1.24 bits per heavy atom. The van der Waals surface area contributed by atoms with Crippen molar-refractivity contribution < 1.29 is 9.53 Å². The monoisotopic (exact) mass is 253 g/mol. The maximum atomic E-state index is 10.4. The molecule has 2 fully saturated rings. The quantitative estimate of drug-likeness (QED) is 0.834. The summed E-state index contributed by atoms with van der Waals surface area (Å²) in [6.07, 6.45) is 1.91. The first-order valence-electron chi connectivity index (χ1n) is 5.77. The van der Waals surface area contributed by atoms with Crippen LogP contribution in [0.15, 0.2) is 24.3 Å². The molecule has 0 atom stereocenters. The molecule has 1 heterocycles. The van der Waals surface area contributed by atoms with Gasteiger partial charge in [-0.05, 0) is 24.0 Å². The maximum absolute atomic E-state index is 10.4. The molecule has 1 aromatic carbocycles. The average Bonchev–Trinajstić information content (AvgIpc) is 2.98. The van der Waals surface area contributed by atoms with Gasteiger partial charge in [0.2, 0.25) is 0 Å². The summed E-state index contributed by atoms with van der Waals surface area (Å²) in [5.74, 6) is 0.663. The molecule has 1 saturated heterocycles. The third-order valence-electron chi connectivity index (χ3n) is 3.67. The van der Waals surface area contributed by atoms with E-state index in [0.717, 1.165) is 31.5 Å². The Morgan fingerprint density at radius 2 is 1.88 bits per heavy atom. The van der Waals surface area contributed by atoms with Crippen molar-refractivity contribution in [2.75, 3.05) is 13.1 Å². The van der Waals surface area contributed by atoms with Crippen molar-refractivity contribution in [3.63, 3.8) is 0 Å². The number of carbonyl (C=O) groups is 1. The SMILES string of the molecule is Cl.O=COC1(c2ccc(C3CNC3)cc2)CC1. The zero-order valence-electron chi connectivity index (χ0n) is 9.52. The van der Waals surface area contributed by atoms with Gasteiger partial charge in [-0.3, -0.25) is 4.79 Å². The Balaban J connectivity index is 0.00000108. The predicted molar refractivity (Wildman–Crippen MR) is 67.4 cm³/mol. The van der Waals surface area contributed by atoms with Crippen LogP contribution in [0.4, 0.5) is 0 Å². The van der Waals surface area contributed by atoms with Gasteiger partial charge in [-0.2, -0.15) is 0 Å². The van der Waals surface area contributed by atoms with Gasteiger partial charge in [-0.25, -0.2) is 0 Å². The molecule has 17 heavy (non-hydrogen) atoms. The molecule has 1 aliphatic heterocycles. The smallest absolute Gasteiger partial charge is 0.293 e. The fraction of sp³-hybridized carbons (Fsp3) is 0.462. The second kappa shape index (κ2) is 4.67. The minimum atomic E-state index is -0.294. The van der Waals surface area contributed by atoms with Gasteiger partial charge in [0, 0.05) is 19.0 Å². The van der Waals surface area contributed by atoms with E-state index in [4.69, 9.17) is 4.74 Å². The van der Waals surface area contributed by atoms with E-state index in [-0.39, 0.29) is 18.0 Å². The van der Waals surface area contributed by atoms with Crippen LogP contribution in [0.2, 0.25) is 0 Å². The van der Waals surface area contributed by atoms with E-state index in [1.807, 2.05) is 0 Å². The first-order chi connectivity index (χ1) is 7.84. The molecule has 3 rings (SSSR count). The van der Waals surface area contributed by atoms with Gasteiger partial charge in [0.15, 0.2) is 0 Å². The summed E-state index contributed by atoms with van der Waals surface area (Å²) in [7, 11) is 0. The van der Waals surface area contributed by atoms with E-state index in [9.17, 15) is 4.79 Å². The van der Waals surface area contributed by atoms with Crippen molar-refractivity contribution in [3.05, 3.63) is 35.4 Å². The molecule has 3 nitrogen and oxygen atoms in total. The Bertz CT molecular complexity index is 396. The van der Waals surface area contributed by atoms with E-state index < -0.39 is 0 Å². The first-order valence-corrected chi connectivity index (χ1v) is 5.77. The van der Waals surface area contributed by atoms with Crippen LogP contribution < -0.4 is 5.32 Å². The molecule has 0 bridgehead atoms. The van der Waals surface area contributed by atoms with Crippen LogP contribution in [0, 0.1) is 0 Å². The zero-order valence-corrected chi connectivity index (χ0v) is 10.3. The third-order valence-corrected chi connectivity index (χ3v) is 3.67. The fourth-order valence-corrected chi connectivity index (χ4v) is 2.26. The standard InChI is InChI=1S/C13H15NO2.ClH/c15-9-16-13(5-6-13)12-3-1-10(2-4-12)11-7-14-8-11;/h1-4,9,11,14H,5-8H2;1H.